The molecule has 0 amide bonds. The fourth-order valence-electron chi connectivity index (χ4n) is 1.90. The fourth-order valence-corrected chi connectivity index (χ4v) is 2.85. The average molecular weight is 270 g/mol. The topological polar surface area (TPSA) is 58.9 Å². The van der Waals surface area contributed by atoms with Crippen molar-refractivity contribution < 1.29 is 4.92 Å². The highest BCUT2D eigenvalue weighted by Gasteiger charge is 2.10. The minimum Gasteiger partial charge on any atom is -0.360 e. The minimum absolute atomic E-state index is 0.102. The van der Waals surface area contributed by atoms with E-state index in [2.05, 4.69) is 4.98 Å². The van der Waals surface area contributed by atoms with Crippen LogP contribution in [-0.4, -0.2) is 9.91 Å². The van der Waals surface area contributed by atoms with Gasteiger partial charge in [-0.05, 0) is 18.2 Å². The second-order valence-electron chi connectivity index (χ2n) is 4.06. The highest BCUT2D eigenvalue weighted by Crippen LogP contribution is 2.34. The van der Waals surface area contributed by atoms with Crippen LogP contribution in [0.25, 0.3) is 10.9 Å². The van der Waals surface area contributed by atoms with Crippen molar-refractivity contribution in [3.8, 4) is 0 Å². The quantitative estimate of drug-likeness (QED) is 0.572. The Morgan fingerprint density at radius 2 is 1.89 bits per heavy atom. The molecule has 94 valence electrons. The molecule has 0 bridgehead atoms. The van der Waals surface area contributed by atoms with Gasteiger partial charge in [-0.25, -0.2) is 0 Å². The summed E-state index contributed by atoms with van der Waals surface area (Å²) >= 11 is 1.64. The summed E-state index contributed by atoms with van der Waals surface area (Å²) in [5.41, 5.74) is 0.887. The molecule has 1 aromatic heterocycles. The highest BCUT2D eigenvalue weighted by molar-refractivity contribution is 7.99. The van der Waals surface area contributed by atoms with Crippen LogP contribution in [-0.2, 0) is 0 Å². The molecule has 19 heavy (non-hydrogen) atoms. The van der Waals surface area contributed by atoms with Crippen molar-refractivity contribution in [2.24, 2.45) is 0 Å². The molecule has 0 saturated heterocycles. The fraction of sp³-hybridized carbons (Fsp3) is 0. The summed E-state index contributed by atoms with van der Waals surface area (Å²) in [4.78, 5) is 15.6. The van der Waals surface area contributed by atoms with Crippen molar-refractivity contribution in [1.29, 1.82) is 0 Å². The second kappa shape index (κ2) is 4.78. The van der Waals surface area contributed by atoms with Gasteiger partial charge in [0.1, 0.15) is 0 Å². The van der Waals surface area contributed by atoms with E-state index in [4.69, 9.17) is 0 Å². The van der Waals surface area contributed by atoms with Crippen LogP contribution >= 0.6 is 11.8 Å². The summed E-state index contributed by atoms with van der Waals surface area (Å²) in [5.74, 6) is 0. The Morgan fingerprint density at radius 1 is 1.11 bits per heavy atom. The van der Waals surface area contributed by atoms with Gasteiger partial charge in [-0.2, -0.15) is 0 Å². The number of fused-ring (bicyclic) bond motifs is 1. The standard InChI is InChI=1S/C14H10N2O2S/c17-16(18)10-6-7-12-13(8-10)15-9-14(12)19-11-4-2-1-3-5-11/h1-9,15H. The first-order chi connectivity index (χ1) is 9.24. The number of benzene rings is 2. The Kier molecular flexibility index (Phi) is 2.97. The van der Waals surface area contributed by atoms with Gasteiger partial charge in [0.25, 0.3) is 5.69 Å². The molecule has 3 rings (SSSR count). The summed E-state index contributed by atoms with van der Waals surface area (Å²) in [5, 5.41) is 11.7. The predicted octanol–water partition coefficient (Wildman–Crippen LogP) is 4.23. The molecule has 1 N–H and O–H groups in total. The predicted molar refractivity (Wildman–Crippen MR) is 75.5 cm³/mol. The van der Waals surface area contributed by atoms with E-state index in [9.17, 15) is 10.1 Å². The van der Waals surface area contributed by atoms with Crippen LogP contribution in [0.15, 0.2) is 64.5 Å². The number of aromatic nitrogens is 1. The van der Waals surface area contributed by atoms with E-state index in [-0.39, 0.29) is 10.6 Å². The van der Waals surface area contributed by atoms with Gasteiger partial charge in [0.2, 0.25) is 0 Å². The van der Waals surface area contributed by atoms with Crippen molar-refractivity contribution >= 4 is 28.4 Å². The number of nitrogens with one attached hydrogen (secondary N) is 1. The second-order valence-corrected chi connectivity index (χ2v) is 5.17. The number of rotatable bonds is 3. The van der Waals surface area contributed by atoms with Gasteiger partial charge in [0.05, 0.1) is 10.4 Å². The molecule has 0 aliphatic carbocycles. The van der Waals surface area contributed by atoms with Crippen molar-refractivity contribution in [3.63, 3.8) is 0 Å². The maximum atomic E-state index is 10.7. The normalized spacial score (nSPS) is 10.7. The van der Waals surface area contributed by atoms with Crippen LogP contribution in [0, 0.1) is 10.1 Å². The molecule has 0 radical (unpaired) electrons. The van der Waals surface area contributed by atoms with E-state index in [1.54, 1.807) is 23.9 Å². The maximum Gasteiger partial charge on any atom is 0.271 e. The van der Waals surface area contributed by atoms with Crippen molar-refractivity contribution in [2.45, 2.75) is 9.79 Å². The van der Waals surface area contributed by atoms with Crippen LogP contribution in [0.3, 0.4) is 0 Å². The summed E-state index contributed by atoms with van der Waals surface area (Å²) in [6, 6.07) is 14.9. The SMILES string of the molecule is O=[N+]([O-])c1ccc2c(Sc3ccccc3)c[nH]c2c1. The van der Waals surface area contributed by atoms with Gasteiger partial charge >= 0.3 is 0 Å². The molecule has 4 nitrogen and oxygen atoms in total. The van der Waals surface area contributed by atoms with Gasteiger partial charge in [-0.15, -0.1) is 0 Å². The van der Waals surface area contributed by atoms with Crippen LogP contribution in [0.4, 0.5) is 5.69 Å². The Labute approximate surface area is 113 Å². The summed E-state index contributed by atoms with van der Waals surface area (Å²) in [6.07, 6.45) is 1.88. The number of H-pyrrole nitrogens is 1. The average Bonchev–Trinajstić information content (AvgIpc) is 2.82. The first-order valence-electron chi connectivity index (χ1n) is 5.72. The van der Waals surface area contributed by atoms with Crippen molar-refractivity contribution in [3.05, 3.63) is 64.8 Å². The zero-order valence-corrected chi connectivity index (χ0v) is 10.7. The first-order valence-corrected chi connectivity index (χ1v) is 6.54. The Morgan fingerprint density at radius 3 is 2.63 bits per heavy atom. The van der Waals surface area contributed by atoms with Crippen LogP contribution < -0.4 is 0 Å². The number of non-ortho nitro benzene ring substituents is 1. The highest BCUT2D eigenvalue weighted by atomic mass is 32.2. The molecule has 0 atom stereocenters. The van der Waals surface area contributed by atoms with E-state index >= 15 is 0 Å². The minimum atomic E-state index is -0.385. The van der Waals surface area contributed by atoms with Crippen molar-refractivity contribution in [2.75, 3.05) is 0 Å². The molecule has 3 aromatic rings. The molecule has 0 aliphatic heterocycles. The molecular formula is C14H10N2O2S. The monoisotopic (exact) mass is 270 g/mol. The van der Waals surface area contributed by atoms with E-state index < -0.39 is 0 Å². The van der Waals surface area contributed by atoms with E-state index in [0.29, 0.717) is 0 Å². The number of hydrogen-bond donors (Lipinski definition) is 1. The third-order valence-corrected chi connectivity index (χ3v) is 3.87. The van der Waals surface area contributed by atoms with Gasteiger partial charge in [0, 0.05) is 33.5 Å². The molecule has 0 spiro atoms. The van der Waals surface area contributed by atoms with Crippen molar-refractivity contribution in [1.82, 2.24) is 4.98 Å². The number of nitrogens with zero attached hydrogens (tertiary/aromatic N) is 1. The van der Waals surface area contributed by atoms with Gasteiger partial charge < -0.3 is 4.98 Å². The molecule has 5 heteroatoms. The summed E-state index contributed by atoms with van der Waals surface area (Å²) in [7, 11) is 0. The first kappa shape index (κ1) is 11.8. The zero-order chi connectivity index (χ0) is 13.2. The summed E-state index contributed by atoms with van der Waals surface area (Å²) < 4.78 is 0. The van der Waals surface area contributed by atoms with Crippen LogP contribution in [0.5, 0.6) is 0 Å². The number of nitro benzene ring substituents is 1. The molecule has 0 saturated carbocycles. The Hall–Kier alpha value is -2.27. The molecule has 0 aliphatic rings. The number of aromatic amines is 1. The van der Waals surface area contributed by atoms with Crippen LogP contribution in [0.2, 0.25) is 0 Å². The van der Waals surface area contributed by atoms with E-state index in [1.165, 1.54) is 6.07 Å². The van der Waals surface area contributed by atoms with Gasteiger partial charge in [0.15, 0.2) is 0 Å². The zero-order valence-electron chi connectivity index (χ0n) is 9.87. The maximum absolute atomic E-state index is 10.7. The lowest BCUT2D eigenvalue weighted by atomic mass is 10.2. The van der Waals surface area contributed by atoms with Gasteiger partial charge in [-0.3, -0.25) is 10.1 Å². The molecule has 2 aromatic carbocycles. The van der Waals surface area contributed by atoms with Gasteiger partial charge in [-0.1, -0.05) is 30.0 Å². The largest absolute Gasteiger partial charge is 0.360 e. The smallest absolute Gasteiger partial charge is 0.271 e. The third kappa shape index (κ3) is 2.32. The molecule has 1 heterocycles. The molecule has 0 fully saturated rings. The lowest BCUT2D eigenvalue weighted by molar-refractivity contribution is -0.384. The lowest BCUT2D eigenvalue weighted by Gasteiger charge is -1.99. The Balaban J connectivity index is 1.99. The summed E-state index contributed by atoms with van der Waals surface area (Å²) in [6.45, 7) is 0. The Bertz CT molecular complexity index is 738. The van der Waals surface area contributed by atoms with E-state index in [1.807, 2.05) is 36.5 Å². The number of hydrogen-bond acceptors (Lipinski definition) is 3. The van der Waals surface area contributed by atoms with Crippen LogP contribution in [0.1, 0.15) is 0 Å². The molecule has 0 unspecified atom stereocenters. The number of nitro groups is 1. The van der Waals surface area contributed by atoms with E-state index in [0.717, 1.165) is 20.7 Å². The third-order valence-electron chi connectivity index (χ3n) is 2.81. The molecular weight excluding hydrogens is 260 g/mol. The lowest BCUT2D eigenvalue weighted by Crippen LogP contribution is -1.86.